The highest BCUT2D eigenvalue weighted by atomic mass is 35.5. The summed E-state index contributed by atoms with van der Waals surface area (Å²) in [6, 6.07) is 26.4. The molecule has 134 valence electrons. The van der Waals surface area contributed by atoms with E-state index < -0.39 is 0 Å². The van der Waals surface area contributed by atoms with Crippen molar-refractivity contribution >= 4 is 61.0 Å². The quantitative estimate of drug-likeness (QED) is 0.314. The zero-order valence-electron chi connectivity index (χ0n) is 14.8. The van der Waals surface area contributed by atoms with E-state index in [-0.39, 0.29) is 0 Å². The maximum absolute atomic E-state index is 6.34. The molecular weight excluding hydrogens is 368 g/mol. The number of anilines is 1. The van der Waals surface area contributed by atoms with Gasteiger partial charge in [-0.3, -0.25) is 0 Å². The molecule has 0 aliphatic carbocycles. The summed E-state index contributed by atoms with van der Waals surface area (Å²) >= 11 is 6.13. The van der Waals surface area contributed by atoms with Gasteiger partial charge in [0.15, 0.2) is 0 Å². The lowest BCUT2D eigenvalue weighted by atomic mass is 10.1. The van der Waals surface area contributed by atoms with E-state index in [1.807, 2.05) is 36.4 Å². The molecule has 4 heteroatoms. The van der Waals surface area contributed by atoms with Gasteiger partial charge in [0, 0.05) is 21.2 Å². The molecule has 2 aromatic heterocycles. The van der Waals surface area contributed by atoms with Crippen LogP contribution in [0.15, 0.2) is 83.3 Å². The molecule has 0 saturated carbocycles. The fraction of sp³-hybridized carbons (Fsp3) is 0. The first-order valence-electron chi connectivity index (χ1n) is 9.11. The molecule has 0 amide bonds. The van der Waals surface area contributed by atoms with E-state index in [9.17, 15) is 0 Å². The summed E-state index contributed by atoms with van der Waals surface area (Å²) in [5.74, 6) is 0. The zero-order valence-corrected chi connectivity index (χ0v) is 15.6. The Labute approximate surface area is 165 Å². The number of furan rings is 1. The van der Waals surface area contributed by atoms with Crippen molar-refractivity contribution in [2.75, 3.05) is 5.73 Å². The fourth-order valence-corrected chi connectivity index (χ4v) is 4.40. The number of para-hydroxylation sites is 2. The minimum Gasteiger partial charge on any atom is -0.455 e. The summed E-state index contributed by atoms with van der Waals surface area (Å²) in [5.41, 5.74) is 11.8. The molecule has 0 unspecified atom stereocenters. The first-order valence-corrected chi connectivity index (χ1v) is 9.49. The second kappa shape index (κ2) is 5.54. The lowest BCUT2D eigenvalue weighted by molar-refractivity contribution is 0.673. The van der Waals surface area contributed by atoms with Crippen LogP contribution in [0.2, 0.25) is 5.02 Å². The van der Waals surface area contributed by atoms with Gasteiger partial charge in [0.05, 0.1) is 27.8 Å². The number of hydrogen-bond donors (Lipinski definition) is 1. The predicted octanol–water partition coefficient (Wildman–Crippen LogP) is 6.92. The molecule has 0 saturated heterocycles. The Morgan fingerprint density at radius 1 is 0.750 bits per heavy atom. The van der Waals surface area contributed by atoms with Crippen LogP contribution < -0.4 is 5.73 Å². The van der Waals surface area contributed by atoms with Crippen LogP contribution in [0, 0.1) is 0 Å². The van der Waals surface area contributed by atoms with Crippen LogP contribution in [-0.2, 0) is 0 Å². The Morgan fingerprint density at radius 2 is 1.54 bits per heavy atom. The molecule has 0 spiro atoms. The van der Waals surface area contributed by atoms with Gasteiger partial charge in [-0.15, -0.1) is 0 Å². The van der Waals surface area contributed by atoms with Gasteiger partial charge in [0.2, 0.25) is 0 Å². The van der Waals surface area contributed by atoms with Gasteiger partial charge in [0.1, 0.15) is 11.2 Å². The smallest absolute Gasteiger partial charge is 0.145 e. The van der Waals surface area contributed by atoms with E-state index in [0.717, 1.165) is 49.4 Å². The van der Waals surface area contributed by atoms with E-state index in [1.165, 1.54) is 0 Å². The van der Waals surface area contributed by atoms with Crippen molar-refractivity contribution in [3.8, 4) is 5.69 Å². The van der Waals surface area contributed by atoms with E-state index >= 15 is 0 Å². The van der Waals surface area contributed by atoms with Crippen LogP contribution in [-0.4, -0.2) is 4.57 Å². The minimum atomic E-state index is 0.627. The average Bonchev–Trinajstić information content (AvgIpc) is 3.24. The van der Waals surface area contributed by atoms with Gasteiger partial charge < -0.3 is 14.7 Å². The molecular formula is C24H15ClN2O. The van der Waals surface area contributed by atoms with Crippen molar-refractivity contribution in [1.29, 1.82) is 0 Å². The second-order valence-corrected chi connectivity index (χ2v) is 7.43. The Bertz CT molecular complexity index is 1540. The van der Waals surface area contributed by atoms with Crippen molar-refractivity contribution in [3.05, 3.63) is 83.9 Å². The molecule has 28 heavy (non-hydrogen) atoms. The van der Waals surface area contributed by atoms with Crippen molar-refractivity contribution in [2.45, 2.75) is 0 Å². The van der Waals surface area contributed by atoms with Crippen LogP contribution in [0.4, 0.5) is 5.69 Å². The van der Waals surface area contributed by atoms with Gasteiger partial charge in [-0.25, -0.2) is 0 Å². The molecule has 6 aromatic rings. The highest BCUT2D eigenvalue weighted by Crippen LogP contribution is 2.41. The third-order valence-corrected chi connectivity index (χ3v) is 5.65. The number of nitrogens with zero attached hydrogens (tertiary/aromatic N) is 1. The average molecular weight is 383 g/mol. The van der Waals surface area contributed by atoms with Crippen LogP contribution in [0.1, 0.15) is 0 Å². The van der Waals surface area contributed by atoms with Gasteiger partial charge in [-0.1, -0.05) is 48.0 Å². The lowest BCUT2D eigenvalue weighted by Gasteiger charge is -2.11. The maximum atomic E-state index is 6.34. The molecule has 0 aliphatic rings. The van der Waals surface area contributed by atoms with E-state index in [0.29, 0.717) is 10.7 Å². The Balaban J connectivity index is 1.86. The normalized spacial score (nSPS) is 11.9. The number of halogens is 1. The Hall–Kier alpha value is -3.43. The molecule has 3 nitrogen and oxygen atoms in total. The molecule has 0 atom stereocenters. The summed E-state index contributed by atoms with van der Waals surface area (Å²) in [5, 5.41) is 5.11. The third kappa shape index (κ3) is 1.99. The molecule has 6 rings (SSSR count). The highest BCUT2D eigenvalue weighted by molar-refractivity contribution is 6.31. The second-order valence-electron chi connectivity index (χ2n) is 6.99. The number of nitrogen functional groups attached to an aromatic ring is 1. The number of fused-ring (bicyclic) bond motifs is 7. The molecule has 0 radical (unpaired) electrons. The largest absolute Gasteiger partial charge is 0.455 e. The van der Waals surface area contributed by atoms with Crippen molar-refractivity contribution in [3.63, 3.8) is 0 Å². The number of benzene rings is 4. The SMILES string of the molecule is Nc1cc(Cl)ccc1-n1c2ccccc2c2c3oc4ccccc4c3ccc21. The fourth-order valence-electron chi connectivity index (χ4n) is 4.22. The zero-order chi connectivity index (χ0) is 18.8. The maximum Gasteiger partial charge on any atom is 0.145 e. The monoisotopic (exact) mass is 382 g/mol. The lowest BCUT2D eigenvalue weighted by Crippen LogP contribution is -1.99. The van der Waals surface area contributed by atoms with Gasteiger partial charge in [0.25, 0.3) is 0 Å². The standard InChI is InChI=1S/C24H15ClN2O/c25-14-9-11-20(18(26)13-14)27-19-7-3-1-6-17(19)23-21(27)12-10-16-15-5-2-4-8-22(15)28-24(16)23/h1-13H,26H2. The topological polar surface area (TPSA) is 44.1 Å². The Kier molecular flexibility index (Phi) is 3.09. The van der Waals surface area contributed by atoms with Crippen LogP contribution >= 0.6 is 11.6 Å². The van der Waals surface area contributed by atoms with Crippen LogP contribution in [0.5, 0.6) is 0 Å². The van der Waals surface area contributed by atoms with E-state index in [4.69, 9.17) is 21.8 Å². The van der Waals surface area contributed by atoms with Crippen molar-refractivity contribution in [1.82, 2.24) is 4.57 Å². The van der Waals surface area contributed by atoms with E-state index in [1.54, 1.807) is 6.07 Å². The van der Waals surface area contributed by atoms with Crippen LogP contribution in [0.25, 0.3) is 49.4 Å². The summed E-state index contributed by atoms with van der Waals surface area (Å²) in [6.45, 7) is 0. The third-order valence-electron chi connectivity index (χ3n) is 5.41. The molecule has 0 bridgehead atoms. The molecule has 0 fully saturated rings. The molecule has 2 N–H and O–H groups in total. The minimum absolute atomic E-state index is 0.627. The number of aromatic nitrogens is 1. The summed E-state index contributed by atoms with van der Waals surface area (Å²) in [7, 11) is 0. The van der Waals surface area contributed by atoms with Crippen LogP contribution in [0.3, 0.4) is 0 Å². The van der Waals surface area contributed by atoms with E-state index in [2.05, 4.69) is 41.0 Å². The highest BCUT2D eigenvalue weighted by Gasteiger charge is 2.19. The summed E-state index contributed by atoms with van der Waals surface area (Å²) in [4.78, 5) is 0. The van der Waals surface area contributed by atoms with Gasteiger partial charge in [-0.2, -0.15) is 0 Å². The van der Waals surface area contributed by atoms with Gasteiger partial charge >= 0.3 is 0 Å². The summed E-state index contributed by atoms with van der Waals surface area (Å²) in [6.07, 6.45) is 0. The number of nitrogens with two attached hydrogens (primary N) is 1. The number of rotatable bonds is 1. The van der Waals surface area contributed by atoms with Crippen molar-refractivity contribution < 1.29 is 4.42 Å². The van der Waals surface area contributed by atoms with Crippen molar-refractivity contribution in [2.24, 2.45) is 0 Å². The molecule has 0 aliphatic heterocycles. The number of hydrogen-bond acceptors (Lipinski definition) is 2. The molecule has 4 aromatic carbocycles. The summed E-state index contributed by atoms with van der Waals surface area (Å²) < 4.78 is 8.49. The van der Waals surface area contributed by atoms with Gasteiger partial charge in [-0.05, 0) is 42.5 Å². The molecule has 2 heterocycles. The Morgan fingerprint density at radius 3 is 2.39 bits per heavy atom. The predicted molar refractivity (Wildman–Crippen MR) is 117 cm³/mol. The first-order chi connectivity index (χ1) is 13.7. The first kappa shape index (κ1) is 15.6.